The average molecular weight is 668 g/mol. The summed E-state index contributed by atoms with van der Waals surface area (Å²) in [5.41, 5.74) is 9.23. The number of thiol groups is 1. The summed E-state index contributed by atoms with van der Waals surface area (Å²) in [5.74, 6) is 0.838. The molecular formula is C46H37NS2. The molecule has 0 heterocycles. The summed E-state index contributed by atoms with van der Waals surface area (Å²) in [6.45, 7) is 0. The van der Waals surface area contributed by atoms with Crippen LogP contribution in [0.4, 0.5) is 0 Å². The Morgan fingerprint density at radius 1 is 0.408 bits per heavy atom. The second-order valence-electron chi connectivity index (χ2n) is 11.7. The Bertz CT molecular complexity index is 1850. The first-order valence-corrected chi connectivity index (χ1v) is 17.8. The zero-order chi connectivity index (χ0) is 33.8. The Labute approximate surface area is 300 Å². The van der Waals surface area contributed by atoms with Crippen molar-refractivity contribution in [3.8, 4) is 6.07 Å². The van der Waals surface area contributed by atoms with E-state index in [1.165, 1.54) is 38.9 Å². The summed E-state index contributed by atoms with van der Waals surface area (Å²) in [5, 5.41) is 9.08. The fourth-order valence-corrected chi connectivity index (χ4v) is 8.10. The maximum atomic E-state index is 9.08. The van der Waals surface area contributed by atoms with Crippen molar-refractivity contribution in [1.82, 2.24) is 0 Å². The van der Waals surface area contributed by atoms with Crippen LogP contribution in [-0.2, 0) is 15.2 Å². The number of benzene rings is 7. The molecular weight excluding hydrogens is 631 g/mol. The van der Waals surface area contributed by atoms with Gasteiger partial charge in [-0.2, -0.15) is 17.9 Å². The van der Waals surface area contributed by atoms with E-state index in [1.807, 2.05) is 42.1 Å². The largest absolute Gasteiger partial charge is 0.192 e. The molecule has 7 rings (SSSR count). The molecule has 0 aromatic heterocycles. The van der Waals surface area contributed by atoms with Crippen molar-refractivity contribution in [3.05, 3.63) is 251 Å². The van der Waals surface area contributed by atoms with Gasteiger partial charge in [-0.1, -0.05) is 194 Å². The molecule has 7 aromatic rings. The summed E-state index contributed by atoms with van der Waals surface area (Å²) in [6, 6.07) is 73.5. The number of hydrogen-bond acceptors (Lipinski definition) is 3. The highest BCUT2D eigenvalue weighted by atomic mass is 32.2. The van der Waals surface area contributed by atoms with E-state index in [1.54, 1.807) is 0 Å². The molecule has 238 valence electrons. The number of rotatable bonds is 9. The Morgan fingerprint density at radius 3 is 0.980 bits per heavy atom. The second-order valence-corrected chi connectivity index (χ2v) is 13.5. The molecule has 0 aliphatic heterocycles. The third-order valence-corrected chi connectivity index (χ3v) is 11.0. The maximum absolute atomic E-state index is 9.08. The van der Waals surface area contributed by atoms with Gasteiger partial charge >= 0.3 is 0 Å². The molecule has 7 aromatic carbocycles. The van der Waals surface area contributed by atoms with Crippen LogP contribution < -0.4 is 0 Å². The fraction of sp³-hybridized carbons (Fsp3) is 0.0652. The van der Waals surface area contributed by atoms with E-state index in [2.05, 4.69) is 182 Å². The van der Waals surface area contributed by atoms with Crippen LogP contribution in [0.2, 0.25) is 0 Å². The summed E-state index contributed by atoms with van der Waals surface area (Å²) < 4.78 is -0.749. The number of nitrogens with zero attached hydrogens (tertiary/aromatic N) is 1. The van der Waals surface area contributed by atoms with Gasteiger partial charge in [0.1, 0.15) is 0 Å². The van der Waals surface area contributed by atoms with Crippen LogP contribution >= 0.6 is 24.4 Å². The van der Waals surface area contributed by atoms with Crippen molar-refractivity contribution in [2.75, 3.05) is 0 Å². The molecule has 0 aliphatic carbocycles. The lowest BCUT2D eigenvalue weighted by molar-refractivity contribution is 0.893. The standard InChI is InChI=1S/C27H21NS.C19H16S/c28-20-22-16-18-23(19-17-22)21-29-27(24-10-4-1-5-11-24,25-12-6-2-7-13-25)26-14-8-3-9-15-26;20-19(16-10-4-1-5-11-16,17-12-6-2-7-13-17)18-14-8-3-9-15-18/h1-19H,21H2;1-15,20H. The Kier molecular flexibility index (Phi) is 11.1. The van der Waals surface area contributed by atoms with E-state index < -0.39 is 4.75 Å². The summed E-state index contributed by atoms with van der Waals surface area (Å²) in [7, 11) is 0. The molecule has 1 nitrogen and oxygen atoms in total. The van der Waals surface area contributed by atoms with Gasteiger partial charge in [-0.3, -0.25) is 0 Å². The molecule has 0 radical (unpaired) electrons. The van der Waals surface area contributed by atoms with Crippen LogP contribution in [0.3, 0.4) is 0 Å². The van der Waals surface area contributed by atoms with Crippen LogP contribution in [0.1, 0.15) is 44.5 Å². The van der Waals surface area contributed by atoms with E-state index in [4.69, 9.17) is 17.9 Å². The SMILES string of the molecule is N#Cc1ccc(CSC(c2ccccc2)(c2ccccc2)c2ccccc2)cc1.SC(c1ccccc1)(c1ccccc1)c1ccccc1. The first-order chi connectivity index (χ1) is 24.1. The first-order valence-electron chi connectivity index (χ1n) is 16.3. The molecule has 0 aliphatic rings. The zero-order valence-electron chi connectivity index (χ0n) is 27.1. The van der Waals surface area contributed by atoms with Gasteiger partial charge < -0.3 is 0 Å². The monoisotopic (exact) mass is 667 g/mol. The fourth-order valence-electron chi connectivity index (χ4n) is 6.17. The first kappa shape index (κ1) is 33.6. The summed E-state index contributed by atoms with van der Waals surface area (Å²) in [6.07, 6.45) is 0. The van der Waals surface area contributed by atoms with Crippen molar-refractivity contribution in [2.45, 2.75) is 15.2 Å². The van der Waals surface area contributed by atoms with E-state index in [0.29, 0.717) is 5.56 Å². The van der Waals surface area contributed by atoms with Gasteiger partial charge in [-0.25, -0.2) is 0 Å². The summed E-state index contributed by atoms with van der Waals surface area (Å²) >= 11 is 7.00. The van der Waals surface area contributed by atoms with E-state index in [0.717, 1.165) is 5.75 Å². The average Bonchev–Trinajstić information content (AvgIpc) is 3.20. The minimum atomic E-state index is -0.427. The molecule has 0 N–H and O–H groups in total. The quantitative estimate of drug-likeness (QED) is 0.122. The van der Waals surface area contributed by atoms with E-state index >= 15 is 0 Å². The molecule has 0 saturated carbocycles. The zero-order valence-corrected chi connectivity index (χ0v) is 28.9. The second kappa shape index (κ2) is 16.2. The number of hydrogen-bond donors (Lipinski definition) is 1. The number of thioether (sulfide) groups is 1. The van der Waals surface area contributed by atoms with E-state index in [9.17, 15) is 0 Å². The van der Waals surface area contributed by atoms with Gasteiger partial charge in [0, 0.05) is 5.75 Å². The minimum absolute atomic E-state index is 0.322. The van der Waals surface area contributed by atoms with Gasteiger partial charge in [-0.05, 0) is 51.1 Å². The van der Waals surface area contributed by atoms with Crippen molar-refractivity contribution in [3.63, 3.8) is 0 Å². The van der Waals surface area contributed by atoms with Gasteiger partial charge in [-0.15, -0.1) is 11.8 Å². The highest BCUT2D eigenvalue weighted by Gasteiger charge is 2.37. The van der Waals surface area contributed by atoms with Crippen molar-refractivity contribution < 1.29 is 0 Å². The maximum Gasteiger partial charge on any atom is 0.0991 e. The lowest BCUT2D eigenvalue weighted by Gasteiger charge is -2.35. The smallest absolute Gasteiger partial charge is 0.0991 e. The third kappa shape index (κ3) is 7.58. The third-order valence-electron chi connectivity index (χ3n) is 8.65. The topological polar surface area (TPSA) is 23.8 Å². The van der Waals surface area contributed by atoms with Gasteiger partial charge in [0.25, 0.3) is 0 Å². The minimum Gasteiger partial charge on any atom is -0.192 e. The molecule has 0 atom stereocenters. The Balaban J connectivity index is 0.000000182. The molecule has 0 unspecified atom stereocenters. The molecule has 49 heavy (non-hydrogen) atoms. The van der Waals surface area contributed by atoms with Crippen LogP contribution in [-0.4, -0.2) is 0 Å². The highest BCUT2D eigenvalue weighted by molar-refractivity contribution is 7.99. The Morgan fingerprint density at radius 2 is 0.694 bits per heavy atom. The molecule has 0 amide bonds. The van der Waals surface area contributed by atoms with Crippen LogP contribution in [0, 0.1) is 11.3 Å². The Hall–Kier alpha value is -5.27. The highest BCUT2D eigenvalue weighted by Crippen LogP contribution is 2.49. The van der Waals surface area contributed by atoms with Crippen LogP contribution in [0.15, 0.2) is 206 Å². The summed E-state index contributed by atoms with van der Waals surface area (Å²) in [4.78, 5) is 0. The lowest BCUT2D eigenvalue weighted by Crippen LogP contribution is -2.25. The molecule has 0 bridgehead atoms. The predicted molar refractivity (Wildman–Crippen MR) is 210 cm³/mol. The van der Waals surface area contributed by atoms with Gasteiger partial charge in [0.15, 0.2) is 0 Å². The molecule has 0 fully saturated rings. The molecule has 0 spiro atoms. The van der Waals surface area contributed by atoms with Crippen LogP contribution in [0.5, 0.6) is 0 Å². The molecule has 0 saturated heterocycles. The van der Waals surface area contributed by atoms with Gasteiger partial charge in [0.05, 0.1) is 21.1 Å². The van der Waals surface area contributed by atoms with Crippen LogP contribution in [0.25, 0.3) is 0 Å². The van der Waals surface area contributed by atoms with Crippen molar-refractivity contribution in [2.24, 2.45) is 0 Å². The van der Waals surface area contributed by atoms with Crippen molar-refractivity contribution >= 4 is 24.4 Å². The van der Waals surface area contributed by atoms with E-state index in [-0.39, 0.29) is 4.75 Å². The molecule has 3 heteroatoms. The lowest BCUT2D eigenvalue weighted by atomic mass is 9.84. The van der Waals surface area contributed by atoms with Crippen molar-refractivity contribution in [1.29, 1.82) is 5.26 Å². The van der Waals surface area contributed by atoms with Gasteiger partial charge in [0.2, 0.25) is 0 Å². The predicted octanol–water partition coefficient (Wildman–Crippen LogP) is 11.7. The number of nitriles is 1. The normalized spacial score (nSPS) is 11.1.